The number of hydrogen-bond donors (Lipinski definition) is 1. The van der Waals surface area contributed by atoms with Crippen LogP contribution in [-0.4, -0.2) is 16.6 Å². The van der Waals surface area contributed by atoms with Gasteiger partial charge in [-0.25, -0.2) is 0 Å². The molecule has 0 saturated carbocycles. The Hall–Kier alpha value is -2.75. The maximum absolute atomic E-state index is 12.9. The molecule has 0 aliphatic carbocycles. The lowest BCUT2D eigenvalue weighted by molar-refractivity contribution is 0.0738. The molecule has 0 amide bonds. The highest BCUT2D eigenvalue weighted by atomic mass is 16.5. The van der Waals surface area contributed by atoms with E-state index in [1.807, 2.05) is 55.5 Å². The van der Waals surface area contributed by atoms with Crippen molar-refractivity contribution in [3.8, 4) is 5.75 Å². The van der Waals surface area contributed by atoms with Gasteiger partial charge in [0.15, 0.2) is 6.10 Å². The average molecular weight is 292 g/mol. The number of carbonyl (C=O) groups excluding carboxylic acids is 1. The van der Waals surface area contributed by atoms with E-state index in [1.54, 1.807) is 4.57 Å². The van der Waals surface area contributed by atoms with Crippen LogP contribution in [0, 0.1) is 6.92 Å². The Morgan fingerprint density at radius 1 is 1.23 bits per heavy atom. The maximum Gasteiger partial charge on any atom is 0.272 e. The highest BCUT2D eigenvalue weighted by Crippen LogP contribution is 2.30. The fourth-order valence-electron chi connectivity index (χ4n) is 3.13. The Labute approximate surface area is 128 Å². The molecule has 4 rings (SSSR count). The van der Waals surface area contributed by atoms with Gasteiger partial charge in [0.1, 0.15) is 5.75 Å². The predicted molar refractivity (Wildman–Crippen MR) is 86.3 cm³/mol. The normalized spacial score (nSPS) is 16.5. The minimum atomic E-state index is -0.468. The number of para-hydroxylation sites is 1. The van der Waals surface area contributed by atoms with Gasteiger partial charge in [0, 0.05) is 23.2 Å². The van der Waals surface area contributed by atoms with Crippen LogP contribution >= 0.6 is 0 Å². The van der Waals surface area contributed by atoms with E-state index in [0.717, 1.165) is 27.9 Å². The third-order valence-electron chi connectivity index (χ3n) is 4.15. The van der Waals surface area contributed by atoms with E-state index in [9.17, 15) is 4.79 Å². The largest absolute Gasteiger partial charge is 0.480 e. The summed E-state index contributed by atoms with van der Waals surface area (Å²) in [5.74, 6) is 0.771. The lowest BCUT2D eigenvalue weighted by atomic mass is 10.1. The third-order valence-corrected chi connectivity index (χ3v) is 4.15. The number of nitrogens with zero attached hydrogens (tertiary/aromatic N) is 1. The highest BCUT2D eigenvalue weighted by Gasteiger charge is 2.31. The van der Waals surface area contributed by atoms with Gasteiger partial charge >= 0.3 is 0 Å². The Balaban J connectivity index is 1.74. The summed E-state index contributed by atoms with van der Waals surface area (Å²) in [6, 6.07) is 15.4. The number of rotatable bonds is 1. The number of nitrogen functional groups attached to an aromatic ring is 1. The molecule has 0 radical (unpaired) electrons. The molecule has 0 bridgehead atoms. The van der Waals surface area contributed by atoms with Gasteiger partial charge in [-0.05, 0) is 42.8 Å². The molecule has 4 heteroatoms. The molecule has 2 N–H and O–H groups in total. The summed E-state index contributed by atoms with van der Waals surface area (Å²) >= 11 is 0. The van der Waals surface area contributed by atoms with Crippen LogP contribution < -0.4 is 10.5 Å². The maximum atomic E-state index is 12.9. The fraction of sp³-hybridized carbons (Fsp3) is 0.167. The van der Waals surface area contributed by atoms with Crippen LogP contribution in [0.25, 0.3) is 10.9 Å². The number of aryl methyl sites for hydroxylation is 1. The molecule has 1 aliphatic rings. The first-order valence-electron chi connectivity index (χ1n) is 7.30. The van der Waals surface area contributed by atoms with Gasteiger partial charge in [0.05, 0.1) is 5.52 Å². The summed E-state index contributed by atoms with van der Waals surface area (Å²) in [5, 5.41) is 0.973. The smallest absolute Gasteiger partial charge is 0.272 e. The van der Waals surface area contributed by atoms with E-state index < -0.39 is 6.10 Å². The molecule has 2 heterocycles. The Kier molecular flexibility index (Phi) is 2.73. The quantitative estimate of drug-likeness (QED) is 0.701. The minimum Gasteiger partial charge on any atom is -0.480 e. The van der Waals surface area contributed by atoms with Gasteiger partial charge in [-0.3, -0.25) is 9.36 Å². The standard InChI is InChI=1S/C18H16N2O2/c1-11-8-13-9-14(19)6-7-15(13)20(11)18(21)17-10-12-4-2-3-5-16(12)22-17/h2-9,17H,10,19H2,1H3. The molecule has 1 unspecified atom stereocenters. The molecule has 1 aromatic heterocycles. The van der Waals surface area contributed by atoms with Crippen molar-refractivity contribution in [1.82, 2.24) is 4.57 Å². The lowest BCUT2D eigenvalue weighted by Gasteiger charge is -2.13. The first-order chi connectivity index (χ1) is 10.6. The van der Waals surface area contributed by atoms with E-state index in [1.165, 1.54) is 0 Å². The second kappa shape index (κ2) is 4.63. The number of anilines is 1. The molecular formula is C18H16N2O2. The summed E-state index contributed by atoms with van der Waals surface area (Å²) in [7, 11) is 0. The first-order valence-corrected chi connectivity index (χ1v) is 7.30. The summed E-state index contributed by atoms with van der Waals surface area (Å²) in [4.78, 5) is 12.9. The number of carbonyl (C=O) groups is 1. The Morgan fingerprint density at radius 3 is 2.86 bits per heavy atom. The number of aromatic nitrogens is 1. The summed E-state index contributed by atoms with van der Waals surface area (Å²) in [6.07, 6.45) is 0.146. The Morgan fingerprint density at radius 2 is 2.05 bits per heavy atom. The molecular weight excluding hydrogens is 276 g/mol. The lowest BCUT2D eigenvalue weighted by Crippen LogP contribution is -2.31. The highest BCUT2D eigenvalue weighted by molar-refractivity contribution is 5.97. The van der Waals surface area contributed by atoms with Crippen molar-refractivity contribution >= 4 is 22.5 Å². The van der Waals surface area contributed by atoms with E-state index in [-0.39, 0.29) is 5.91 Å². The number of nitrogens with two attached hydrogens (primary N) is 1. The number of benzene rings is 2. The van der Waals surface area contributed by atoms with Crippen molar-refractivity contribution in [2.75, 3.05) is 5.73 Å². The summed E-state index contributed by atoms with van der Waals surface area (Å²) in [5.41, 5.74) is 9.36. The molecule has 2 aromatic carbocycles. The van der Waals surface area contributed by atoms with E-state index in [0.29, 0.717) is 12.1 Å². The molecule has 22 heavy (non-hydrogen) atoms. The second-order valence-electron chi connectivity index (χ2n) is 5.70. The molecule has 4 nitrogen and oxygen atoms in total. The van der Waals surface area contributed by atoms with Gasteiger partial charge < -0.3 is 10.5 Å². The van der Waals surface area contributed by atoms with Crippen molar-refractivity contribution in [2.24, 2.45) is 0 Å². The SMILES string of the molecule is Cc1cc2cc(N)ccc2n1C(=O)C1Cc2ccccc2O1. The third kappa shape index (κ3) is 1.88. The van der Waals surface area contributed by atoms with Gasteiger partial charge in [-0.15, -0.1) is 0 Å². The number of ether oxygens (including phenoxy) is 1. The molecule has 0 spiro atoms. The van der Waals surface area contributed by atoms with Gasteiger partial charge in [0.2, 0.25) is 0 Å². The fourth-order valence-corrected chi connectivity index (χ4v) is 3.13. The van der Waals surface area contributed by atoms with E-state index >= 15 is 0 Å². The van der Waals surface area contributed by atoms with Crippen molar-refractivity contribution in [2.45, 2.75) is 19.4 Å². The monoisotopic (exact) mass is 292 g/mol. The molecule has 1 aliphatic heterocycles. The zero-order valence-corrected chi connectivity index (χ0v) is 12.2. The van der Waals surface area contributed by atoms with Gasteiger partial charge in [-0.1, -0.05) is 18.2 Å². The predicted octanol–water partition coefficient (Wildman–Crippen LogP) is 3.18. The van der Waals surface area contributed by atoms with Crippen molar-refractivity contribution in [3.05, 3.63) is 59.8 Å². The van der Waals surface area contributed by atoms with Crippen LogP contribution in [-0.2, 0) is 6.42 Å². The minimum absolute atomic E-state index is 0.0338. The van der Waals surface area contributed by atoms with Gasteiger partial charge in [0.25, 0.3) is 5.91 Å². The van der Waals surface area contributed by atoms with Crippen LogP contribution in [0.15, 0.2) is 48.5 Å². The van der Waals surface area contributed by atoms with Crippen LogP contribution in [0.2, 0.25) is 0 Å². The second-order valence-corrected chi connectivity index (χ2v) is 5.70. The average Bonchev–Trinajstić information content (AvgIpc) is 3.06. The van der Waals surface area contributed by atoms with Gasteiger partial charge in [-0.2, -0.15) is 0 Å². The molecule has 3 aromatic rings. The van der Waals surface area contributed by atoms with Crippen LogP contribution in [0.4, 0.5) is 5.69 Å². The molecule has 110 valence electrons. The first kappa shape index (κ1) is 13.0. The zero-order valence-electron chi connectivity index (χ0n) is 12.2. The van der Waals surface area contributed by atoms with Crippen molar-refractivity contribution in [3.63, 3.8) is 0 Å². The summed E-state index contributed by atoms with van der Waals surface area (Å²) < 4.78 is 7.55. The van der Waals surface area contributed by atoms with E-state index in [4.69, 9.17) is 10.5 Å². The Bertz CT molecular complexity index is 870. The summed E-state index contributed by atoms with van der Waals surface area (Å²) in [6.45, 7) is 1.93. The van der Waals surface area contributed by atoms with Crippen LogP contribution in [0.5, 0.6) is 5.75 Å². The molecule has 0 fully saturated rings. The van der Waals surface area contributed by atoms with Crippen LogP contribution in [0.3, 0.4) is 0 Å². The van der Waals surface area contributed by atoms with Crippen molar-refractivity contribution < 1.29 is 9.53 Å². The number of hydrogen-bond acceptors (Lipinski definition) is 3. The molecule has 0 saturated heterocycles. The number of fused-ring (bicyclic) bond motifs is 2. The zero-order chi connectivity index (χ0) is 15.3. The molecule has 1 atom stereocenters. The van der Waals surface area contributed by atoms with Crippen molar-refractivity contribution in [1.29, 1.82) is 0 Å². The topological polar surface area (TPSA) is 57.2 Å². The van der Waals surface area contributed by atoms with E-state index in [2.05, 4.69) is 0 Å². The van der Waals surface area contributed by atoms with Crippen LogP contribution in [0.1, 0.15) is 16.1 Å².